The molecule has 0 atom stereocenters. The molecule has 214 valence electrons. The Balaban J connectivity index is 1.25. The highest BCUT2D eigenvalue weighted by atomic mass is 15.0. The number of aromatic nitrogens is 2. The minimum atomic E-state index is 0.652. The van der Waals surface area contributed by atoms with E-state index in [1.807, 2.05) is 18.2 Å². The van der Waals surface area contributed by atoms with Crippen LogP contribution < -0.4 is 0 Å². The highest BCUT2D eigenvalue weighted by Crippen LogP contribution is 2.39. The van der Waals surface area contributed by atoms with Crippen molar-refractivity contribution >= 4 is 43.6 Å². The first kappa shape index (κ1) is 26.1. The van der Waals surface area contributed by atoms with Crippen LogP contribution in [0.2, 0.25) is 0 Å². The van der Waals surface area contributed by atoms with Gasteiger partial charge in [-0.25, -0.2) is 0 Å². The molecule has 9 rings (SSSR count). The Morgan fingerprint density at radius 1 is 0.391 bits per heavy atom. The number of hydrogen-bond acceptors (Lipinski definition) is 1. The van der Waals surface area contributed by atoms with Gasteiger partial charge in [-0.3, -0.25) is 0 Å². The summed E-state index contributed by atoms with van der Waals surface area (Å²) >= 11 is 0. The van der Waals surface area contributed by atoms with Crippen molar-refractivity contribution in [2.24, 2.45) is 0 Å². The molecule has 9 aromatic rings. The molecule has 0 unspecified atom stereocenters. The van der Waals surface area contributed by atoms with Crippen molar-refractivity contribution in [1.29, 1.82) is 5.26 Å². The summed E-state index contributed by atoms with van der Waals surface area (Å²) in [6.45, 7) is 0. The summed E-state index contributed by atoms with van der Waals surface area (Å²) in [4.78, 5) is 0. The van der Waals surface area contributed by atoms with Crippen molar-refractivity contribution in [3.8, 4) is 39.7 Å². The molecule has 3 heteroatoms. The molecule has 0 saturated carbocycles. The molecular formula is C43H27N3. The topological polar surface area (TPSA) is 33.6 Å². The monoisotopic (exact) mass is 585 g/mol. The van der Waals surface area contributed by atoms with Gasteiger partial charge in [0.25, 0.3) is 0 Å². The van der Waals surface area contributed by atoms with Gasteiger partial charge >= 0.3 is 0 Å². The Hall–Kier alpha value is -6.37. The Morgan fingerprint density at radius 2 is 0.957 bits per heavy atom. The third-order valence-electron chi connectivity index (χ3n) is 9.14. The number of benzene rings is 7. The fraction of sp³-hybridized carbons (Fsp3) is 0. The van der Waals surface area contributed by atoms with E-state index in [9.17, 15) is 5.26 Å². The minimum Gasteiger partial charge on any atom is -0.309 e. The molecule has 0 N–H and O–H groups in total. The van der Waals surface area contributed by atoms with Crippen LogP contribution in [0.5, 0.6) is 0 Å². The lowest BCUT2D eigenvalue weighted by Gasteiger charge is -2.14. The normalized spacial score (nSPS) is 11.5. The maximum atomic E-state index is 9.56. The van der Waals surface area contributed by atoms with Crippen LogP contribution >= 0.6 is 0 Å². The summed E-state index contributed by atoms with van der Waals surface area (Å²) in [5, 5.41) is 14.4. The molecule has 7 aromatic carbocycles. The van der Waals surface area contributed by atoms with Gasteiger partial charge in [-0.05, 0) is 77.4 Å². The van der Waals surface area contributed by atoms with E-state index in [0.29, 0.717) is 5.56 Å². The Kier molecular flexibility index (Phi) is 5.88. The van der Waals surface area contributed by atoms with Crippen LogP contribution in [0.15, 0.2) is 164 Å². The molecule has 0 amide bonds. The van der Waals surface area contributed by atoms with Gasteiger partial charge in [0.05, 0.1) is 39.4 Å². The van der Waals surface area contributed by atoms with E-state index in [-0.39, 0.29) is 0 Å². The standard InChI is InChI=1S/C43H27N3/c44-28-29-11-10-14-33(25-29)45-40-19-8-5-16-35(40)37-26-31(21-23-42(37)45)32-22-24-43-38(27-32)36-17-6-9-20-41(36)46(43)39-18-7-4-15-34(39)30-12-2-1-3-13-30/h1-27H. The van der Waals surface area contributed by atoms with Crippen molar-refractivity contribution in [2.45, 2.75) is 0 Å². The summed E-state index contributed by atoms with van der Waals surface area (Å²) in [5.41, 5.74) is 12.2. The number of para-hydroxylation sites is 3. The second kappa shape index (κ2) is 10.4. The quantitative estimate of drug-likeness (QED) is 0.202. The van der Waals surface area contributed by atoms with E-state index in [4.69, 9.17) is 0 Å². The maximum Gasteiger partial charge on any atom is 0.0992 e. The lowest BCUT2D eigenvalue weighted by molar-refractivity contribution is 1.18. The first-order chi connectivity index (χ1) is 22.8. The first-order valence-corrected chi connectivity index (χ1v) is 15.5. The summed E-state index contributed by atoms with van der Waals surface area (Å²) in [6, 6.07) is 60.2. The fourth-order valence-corrected chi connectivity index (χ4v) is 7.09. The lowest BCUT2D eigenvalue weighted by Crippen LogP contribution is -1.97. The maximum absolute atomic E-state index is 9.56. The van der Waals surface area contributed by atoms with Crippen molar-refractivity contribution < 1.29 is 0 Å². The lowest BCUT2D eigenvalue weighted by atomic mass is 10.0. The van der Waals surface area contributed by atoms with E-state index in [1.54, 1.807) is 0 Å². The molecule has 0 saturated heterocycles. The fourth-order valence-electron chi connectivity index (χ4n) is 7.09. The van der Waals surface area contributed by atoms with Crippen LogP contribution in [0.25, 0.3) is 77.2 Å². The zero-order chi connectivity index (χ0) is 30.6. The van der Waals surface area contributed by atoms with E-state index >= 15 is 0 Å². The van der Waals surface area contributed by atoms with Crippen LogP contribution in [0.3, 0.4) is 0 Å². The Labute approximate surface area is 266 Å². The van der Waals surface area contributed by atoms with Crippen molar-refractivity contribution in [3.05, 3.63) is 169 Å². The summed E-state index contributed by atoms with van der Waals surface area (Å²) in [7, 11) is 0. The zero-order valence-electron chi connectivity index (χ0n) is 24.9. The number of nitriles is 1. The van der Waals surface area contributed by atoms with Gasteiger partial charge in [-0.2, -0.15) is 5.26 Å². The molecule has 0 aliphatic heterocycles. The second-order valence-corrected chi connectivity index (χ2v) is 11.7. The van der Waals surface area contributed by atoms with Crippen LogP contribution in [0.1, 0.15) is 5.56 Å². The van der Waals surface area contributed by atoms with Crippen LogP contribution in [-0.4, -0.2) is 9.13 Å². The largest absolute Gasteiger partial charge is 0.309 e. The molecule has 0 fully saturated rings. The number of nitrogens with zero attached hydrogens (tertiary/aromatic N) is 3. The zero-order valence-corrected chi connectivity index (χ0v) is 24.9. The van der Waals surface area contributed by atoms with Gasteiger partial charge in [0.1, 0.15) is 0 Å². The molecule has 46 heavy (non-hydrogen) atoms. The molecular weight excluding hydrogens is 558 g/mol. The van der Waals surface area contributed by atoms with E-state index in [2.05, 4.69) is 161 Å². The predicted octanol–water partition coefficient (Wildman–Crippen LogP) is 11.1. The van der Waals surface area contributed by atoms with Crippen molar-refractivity contribution in [1.82, 2.24) is 9.13 Å². The van der Waals surface area contributed by atoms with Crippen molar-refractivity contribution in [2.75, 3.05) is 0 Å². The first-order valence-electron chi connectivity index (χ1n) is 15.5. The van der Waals surface area contributed by atoms with Crippen LogP contribution in [0.4, 0.5) is 0 Å². The molecule has 2 aromatic heterocycles. The molecule has 0 aliphatic rings. The van der Waals surface area contributed by atoms with Gasteiger partial charge in [-0.1, -0.05) is 103 Å². The molecule has 3 nitrogen and oxygen atoms in total. The van der Waals surface area contributed by atoms with Gasteiger partial charge in [0, 0.05) is 32.8 Å². The average molecular weight is 586 g/mol. The minimum absolute atomic E-state index is 0.652. The van der Waals surface area contributed by atoms with Gasteiger partial charge in [0.15, 0.2) is 0 Å². The third-order valence-corrected chi connectivity index (χ3v) is 9.14. The third kappa shape index (κ3) is 3.98. The number of hydrogen-bond donors (Lipinski definition) is 0. The Morgan fingerprint density at radius 3 is 1.65 bits per heavy atom. The van der Waals surface area contributed by atoms with Crippen LogP contribution in [-0.2, 0) is 0 Å². The van der Waals surface area contributed by atoms with Crippen LogP contribution in [0, 0.1) is 11.3 Å². The summed E-state index contributed by atoms with van der Waals surface area (Å²) in [5.74, 6) is 0. The van der Waals surface area contributed by atoms with E-state index < -0.39 is 0 Å². The molecule has 0 radical (unpaired) electrons. The SMILES string of the molecule is N#Cc1cccc(-n2c3ccccc3c3cc(-c4ccc5c(c4)c4ccccc4n5-c4ccccc4-c4ccccc4)ccc32)c1. The molecule has 0 bridgehead atoms. The van der Waals surface area contributed by atoms with E-state index in [0.717, 1.165) is 16.7 Å². The highest BCUT2D eigenvalue weighted by molar-refractivity contribution is 6.13. The van der Waals surface area contributed by atoms with Gasteiger partial charge in [0.2, 0.25) is 0 Å². The van der Waals surface area contributed by atoms with Crippen molar-refractivity contribution in [3.63, 3.8) is 0 Å². The van der Waals surface area contributed by atoms with Gasteiger partial charge < -0.3 is 9.13 Å². The Bertz CT molecular complexity index is 2650. The summed E-state index contributed by atoms with van der Waals surface area (Å²) < 4.78 is 4.67. The van der Waals surface area contributed by atoms with Gasteiger partial charge in [-0.15, -0.1) is 0 Å². The molecule has 2 heterocycles. The number of rotatable bonds is 4. The highest BCUT2D eigenvalue weighted by Gasteiger charge is 2.17. The summed E-state index contributed by atoms with van der Waals surface area (Å²) in [6.07, 6.45) is 0. The average Bonchev–Trinajstić information content (AvgIpc) is 3.64. The predicted molar refractivity (Wildman–Crippen MR) is 191 cm³/mol. The smallest absolute Gasteiger partial charge is 0.0992 e. The molecule has 0 aliphatic carbocycles. The molecule has 0 spiro atoms. The second-order valence-electron chi connectivity index (χ2n) is 11.7. The van der Waals surface area contributed by atoms with E-state index in [1.165, 1.54) is 60.5 Å². The number of fused-ring (bicyclic) bond motifs is 6.